The number of aromatic nitrogens is 4. The van der Waals surface area contributed by atoms with Gasteiger partial charge in [0.05, 0.1) is 25.5 Å². The van der Waals surface area contributed by atoms with Crippen LogP contribution in [0, 0.1) is 20.1 Å². The van der Waals surface area contributed by atoms with Gasteiger partial charge in [0, 0.05) is 19.8 Å². The van der Waals surface area contributed by atoms with Crippen LogP contribution < -0.4 is 5.73 Å². The number of nitrogens with zero attached hydrogens (tertiary/aromatic N) is 6. The Kier molecular flexibility index (Phi) is 4.06. The molecule has 2 aromatic heterocycles. The maximum absolute atomic E-state index is 6.67. The Morgan fingerprint density at radius 1 is 1.06 bits per heavy atom. The van der Waals surface area contributed by atoms with Crippen LogP contribution in [0.5, 0.6) is 0 Å². The van der Waals surface area contributed by atoms with Gasteiger partial charge in [-0.15, -0.1) is 0 Å². The second-order valence-electron chi connectivity index (χ2n) is 3.50. The molecule has 0 aliphatic rings. The van der Waals surface area contributed by atoms with E-state index in [1.54, 1.807) is 17.9 Å². The number of anilines is 1. The lowest BCUT2D eigenvalue weighted by molar-refractivity contribution is 0.741. The molecule has 92 valence electrons. The minimum absolute atomic E-state index is 0.414. The largest absolute Gasteiger partial charge is 0.393 e. The molecule has 0 aromatic carbocycles. The van der Waals surface area contributed by atoms with E-state index in [-0.39, 0.29) is 0 Å². The number of hydrogen-bond acceptors (Lipinski definition) is 3. The van der Waals surface area contributed by atoms with Crippen LogP contribution in [-0.2, 0) is 14.1 Å². The molecule has 0 unspecified atom stereocenters. The Bertz CT molecular complexity index is 565. The molecule has 0 aliphatic heterocycles. The van der Waals surface area contributed by atoms with Crippen molar-refractivity contribution in [2.45, 2.75) is 6.92 Å². The van der Waals surface area contributed by atoms with Crippen molar-refractivity contribution in [1.82, 2.24) is 19.6 Å². The highest BCUT2D eigenvalue weighted by Gasteiger charge is 2.01. The van der Waals surface area contributed by atoms with Crippen molar-refractivity contribution >= 4 is 17.2 Å². The van der Waals surface area contributed by atoms with Gasteiger partial charge in [-0.05, 0) is 6.92 Å². The summed E-state index contributed by atoms with van der Waals surface area (Å²) in [6.07, 6.45) is 3.02. The summed E-state index contributed by atoms with van der Waals surface area (Å²) < 4.78 is 3.15. The summed E-state index contributed by atoms with van der Waals surface area (Å²) in [7, 11) is 3.52. The van der Waals surface area contributed by atoms with E-state index in [0.29, 0.717) is 17.2 Å². The predicted molar refractivity (Wildman–Crippen MR) is 68.1 cm³/mol. The van der Waals surface area contributed by atoms with Gasteiger partial charge in [0.2, 0.25) is 11.4 Å². The molecule has 2 N–H and O–H groups in total. The van der Waals surface area contributed by atoms with Crippen LogP contribution in [0.3, 0.4) is 0 Å². The van der Waals surface area contributed by atoms with Gasteiger partial charge in [0.25, 0.3) is 0 Å². The molecule has 0 saturated carbocycles. The van der Waals surface area contributed by atoms with Gasteiger partial charge in [-0.2, -0.15) is 10.2 Å². The third-order valence-electron chi connectivity index (χ3n) is 2.41. The first-order valence-corrected chi connectivity index (χ1v) is 5.02. The number of aryl methyl sites for hydroxylation is 2. The van der Waals surface area contributed by atoms with E-state index in [1.807, 2.05) is 14.0 Å². The third kappa shape index (κ3) is 2.66. The summed E-state index contributed by atoms with van der Waals surface area (Å²) in [6.45, 7) is 15.1. The van der Waals surface area contributed by atoms with Crippen LogP contribution >= 0.6 is 0 Å². The maximum atomic E-state index is 6.67. The normalized spacial score (nSPS) is 8.94. The molecule has 2 heterocycles. The molecule has 0 amide bonds. The summed E-state index contributed by atoms with van der Waals surface area (Å²) in [5, 5.41) is 7.65. The van der Waals surface area contributed by atoms with Gasteiger partial charge in [0.15, 0.2) is 0 Å². The highest BCUT2D eigenvalue weighted by Crippen LogP contribution is 2.18. The van der Waals surface area contributed by atoms with Crippen molar-refractivity contribution in [2.24, 2.45) is 14.1 Å². The quantitative estimate of drug-likeness (QED) is 0.717. The molecular weight excluding hydrogens is 230 g/mol. The lowest BCUT2D eigenvalue weighted by Gasteiger charge is -1.90. The van der Waals surface area contributed by atoms with Crippen LogP contribution in [0.1, 0.15) is 5.69 Å². The number of nitrogen functional groups attached to an aromatic ring is 1. The SMILES string of the molecule is [C-]#[N+]c1cnn(C)c1C.[C-]#[N+]c1cnn(C)c1N. The first kappa shape index (κ1) is 13.3. The molecular formula is C11H13N7. The standard InChI is InChI=1S/C6H7N3.C5H6N4/c1-5-6(7-2)4-8-9(5)3;1-7-4-3-8-9(2)5(4)6/h4H,1,3H3;3H,6H2,2H3. The molecule has 0 spiro atoms. The molecule has 0 radical (unpaired) electrons. The van der Waals surface area contributed by atoms with Gasteiger partial charge in [0.1, 0.15) is 5.82 Å². The summed E-state index contributed by atoms with van der Waals surface area (Å²) in [4.78, 5) is 6.39. The van der Waals surface area contributed by atoms with Crippen molar-refractivity contribution < 1.29 is 0 Å². The number of rotatable bonds is 0. The van der Waals surface area contributed by atoms with E-state index < -0.39 is 0 Å². The van der Waals surface area contributed by atoms with E-state index in [2.05, 4.69) is 19.9 Å². The Morgan fingerprint density at radius 3 is 1.78 bits per heavy atom. The van der Waals surface area contributed by atoms with Crippen molar-refractivity contribution in [3.63, 3.8) is 0 Å². The summed E-state index contributed by atoms with van der Waals surface area (Å²) in [5.41, 5.74) is 7.37. The zero-order valence-electron chi connectivity index (χ0n) is 10.4. The van der Waals surface area contributed by atoms with Gasteiger partial charge in [-0.3, -0.25) is 9.36 Å². The van der Waals surface area contributed by atoms with E-state index in [0.717, 1.165) is 5.69 Å². The minimum Gasteiger partial charge on any atom is -0.393 e. The summed E-state index contributed by atoms with van der Waals surface area (Å²) in [6, 6.07) is 0. The molecule has 0 atom stereocenters. The highest BCUT2D eigenvalue weighted by molar-refractivity contribution is 5.61. The zero-order chi connectivity index (χ0) is 13.7. The fourth-order valence-electron chi connectivity index (χ4n) is 1.12. The molecule has 7 heteroatoms. The summed E-state index contributed by atoms with van der Waals surface area (Å²) >= 11 is 0. The fourth-order valence-corrected chi connectivity index (χ4v) is 1.12. The van der Waals surface area contributed by atoms with Gasteiger partial charge in [-0.25, -0.2) is 9.69 Å². The van der Waals surface area contributed by atoms with Crippen LogP contribution in [0.25, 0.3) is 9.69 Å². The Balaban J connectivity index is 0.000000180. The van der Waals surface area contributed by atoms with E-state index in [1.165, 1.54) is 10.9 Å². The lowest BCUT2D eigenvalue weighted by Crippen LogP contribution is -1.96. The van der Waals surface area contributed by atoms with Gasteiger partial charge < -0.3 is 5.73 Å². The van der Waals surface area contributed by atoms with Crippen molar-refractivity contribution in [3.05, 3.63) is 40.9 Å². The van der Waals surface area contributed by atoms with Crippen LogP contribution in [-0.4, -0.2) is 19.6 Å². The molecule has 0 bridgehead atoms. The number of hydrogen-bond donors (Lipinski definition) is 1. The predicted octanol–water partition coefficient (Wildman–Crippen LogP) is 1.83. The Labute approximate surface area is 105 Å². The lowest BCUT2D eigenvalue weighted by atomic mass is 10.4. The molecule has 2 aromatic rings. The third-order valence-corrected chi connectivity index (χ3v) is 2.41. The van der Waals surface area contributed by atoms with Crippen molar-refractivity contribution in [1.29, 1.82) is 0 Å². The van der Waals surface area contributed by atoms with Crippen LogP contribution in [0.15, 0.2) is 12.4 Å². The second kappa shape index (κ2) is 5.51. The molecule has 2 rings (SSSR count). The first-order chi connectivity index (χ1) is 8.51. The molecule has 0 fully saturated rings. The number of nitrogens with two attached hydrogens (primary N) is 1. The van der Waals surface area contributed by atoms with Gasteiger partial charge in [-0.1, -0.05) is 0 Å². The smallest absolute Gasteiger partial charge is 0.247 e. The maximum Gasteiger partial charge on any atom is 0.247 e. The minimum atomic E-state index is 0.414. The average Bonchev–Trinajstić information content (AvgIpc) is 2.86. The highest BCUT2D eigenvalue weighted by atomic mass is 15.3. The van der Waals surface area contributed by atoms with Gasteiger partial charge >= 0.3 is 0 Å². The van der Waals surface area contributed by atoms with E-state index in [9.17, 15) is 0 Å². The summed E-state index contributed by atoms with van der Waals surface area (Å²) in [5.74, 6) is 0.421. The average molecular weight is 243 g/mol. The van der Waals surface area contributed by atoms with E-state index >= 15 is 0 Å². The molecule has 18 heavy (non-hydrogen) atoms. The Morgan fingerprint density at radius 2 is 1.56 bits per heavy atom. The molecule has 0 saturated heterocycles. The monoisotopic (exact) mass is 243 g/mol. The first-order valence-electron chi connectivity index (χ1n) is 5.02. The Hall–Kier alpha value is -2.80. The fraction of sp³-hybridized carbons (Fsp3) is 0.273. The molecule has 7 nitrogen and oxygen atoms in total. The van der Waals surface area contributed by atoms with Crippen LogP contribution in [0.4, 0.5) is 17.2 Å². The van der Waals surface area contributed by atoms with Crippen molar-refractivity contribution in [3.8, 4) is 0 Å². The van der Waals surface area contributed by atoms with Crippen LogP contribution in [0.2, 0.25) is 0 Å². The van der Waals surface area contributed by atoms with E-state index in [4.69, 9.17) is 18.9 Å². The molecule has 0 aliphatic carbocycles. The topological polar surface area (TPSA) is 70.4 Å². The van der Waals surface area contributed by atoms with Crippen molar-refractivity contribution in [2.75, 3.05) is 5.73 Å². The second-order valence-corrected chi connectivity index (χ2v) is 3.50. The zero-order valence-corrected chi connectivity index (χ0v) is 10.4.